The van der Waals surface area contributed by atoms with Crippen LogP contribution in [0.2, 0.25) is 0 Å². The topological polar surface area (TPSA) is 73.7 Å². The van der Waals surface area contributed by atoms with Gasteiger partial charge in [0.15, 0.2) is 5.69 Å². The maximum Gasteiger partial charge on any atom is 0.276 e. The SMILES string of the molecule is CCN(CCO)C(=O)c1ncccc1O. The van der Waals surface area contributed by atoms with E-state index in [1.807, 2.05) is 0 Å². The number of pyridine rings is 1. The van der Waals surface area contributed by atoms with Crippen molar-refractivity contribution in [3.63, 3.8) is 0 Å². The van der Waals surface area contributed by atoms with E-state index < -0.39 is 0 Å². The number of carbonyl (C=O) groups is 1. The Balaban J connectivity index is 2.88. The zero-order valence-corrected chi connectivity index (χ0v) is 8.55. The second-order valence-corrected chi connectivity index (χ2v) is 2.98. The minimum Gasteiger partial charge on any atom is -0.505 e. The summed E-state index contributed by atoms with van der Waals surface area (Å²) in [6.07, 6.45) is 1.44. The number of hydrogen-bond donors (Lipinski definition) is 2. The summed E-state index contributed by atoms with van der Waals surface area (Å²) >= 11 is 0. The largest absolute Gasteiger partial charge is 0.505 e. The third kappa shape index (κ3) is 2.66. The van der Waals surface area contributed by atoms with Crippen molar-refractivity contribution in [1.29, 1.82) is 0 Å². The second kappa shape index (κ2) is 5.31. The number of aromatic nitrogens is 1. The Morgan fingerprint density at radius 2 is 2.33 bits per heavy atom. The van der Waals surface area contributed by atoms with Gasteiger partial charge in [0, 0.05) is 19.3 Å². The van der Waals surface area contributed by atoms with Crippen molar-refractivity contribution in [2.75, 3.05) is 19.7 Å². The Morgan fingerprint density at radius 3 is 2.87 bits per heavy atom. The van der Waals surface area contributed by atoms with Crippen molar-refractivity contribution >= 4 is 5.91 Å². The summed E-state index contributed by atoms with van der Waals surface area (Å²) in [5.74, 6) is -0.511. The van der Waals surface area contributed by atoms with Gasteiger partial charge in [-0.25, -0.2) is 4.98 Å². The van der Waals surface area contributed by atoms with Gasteiger partial charge >= 0.3 is 0 Å². The van der Waals surface area contributed by atoms with E-state index in [1.54, 1.807) is 13.0 Å². The summed E-state index contributed by atoms with van der Waals surface area (Å²) in [6.45, 7) is 2.40. The fourth-order valence-corrected chi connectivity index (χ4v) is 1.24. The molecule has 0 unspecified atom stereocenters. The lowest BCUT2D eigenvalue weighted by molar-refractivity contribution is 0.0723. The van der Waals surface area contributed by atoms with E-state index >= 15 is 0 Å². The molecule has 1 rings (SSSR count). The maximum absolute atomic E-state index is 11.8. The van der Waals surface area contributed by atoms with E-state index in [9.17, 15) is 9.90 Å². The molecule has 0 aromatic carbocycles. The highest BCUT2D eigenvalue weighted by Crippen LogP contribution is 2.14. The summed E-state index contributed by atoms with van der Waals surface area (Å²) < 4.78 is 0. The Bertz CT molecular complexity index is 341. The van der Waals surface area contributed by atoms with Gasteiger partial charge in [-0.2, -0.15) is 0 Å². The van der Waals surface area contributed by atoms with Gasteiger partial charge in [0.25, 0.3) is 5.91 Å². The van der Waals surface area contributed by atoms with Crippen LogP contribution in [-0.2, 0) is 0 Å². The van der Waals surface area contributed by atoms with Gasteiger partial charge in [0.2, 0.25) is 0 Å². The minimum absolute atomic E-state index is 0.0211. The van der Waals surface area contributed by atoms with Crippen LogP contribution >= 0.6 is 0 Å². The van der Waals surface area contributed by atoms with Gasteiger partial charge in [-0.05, 0) is 19.1 Å². The Morgan fingerprint density at radius 1 is 1.60 bits per heavy atom. The zero-order chi connectivity index (χ0) is 11.3. The molecule has 0 aliphatic carbocycles. The molecule has 82 valence electrons. The first-order valence-electron chi connectivity index (χ1n) is 4.74. The molecule has 0 fully saturated rings. The van der Waals surface area contributed by atoms with E-state index in [-0.39, 0.29) is 30.5 Å². The smallest absolute Gasteiger partial charge is 0.276 e. The molecule has 15 heavy (non-hydrogen) atoms. The number of carbonyl (C=O) groups excluding carboxylic acids is 1. The van der Waals surface area contributed by atoms with Crippen LogP contribution in [0.5, 0.6) is 5.75 Å². The lowest BCUT2D eigenvalue weighted by Crippen LogP contribution is -2.33. The highest BCUT2D eigenvalue weighted by atomic mass is 16.3. The van der Waals surface area contributed by atoms with Crippen molar-refractivity contribution < 1.29 is 15.0 Å². The van der Waals surface area contributed by atoms with Crippen molar-refractivity contribution in [3.8, 4) is 5.75 Å². The molecule has 0 bridgehead atoms. The van der Waals surface area contributed by atoms with Crippen LogP contribution in [-0.4, -0.2) is 45.7 Å². The standard InChI is InChI=1S/C10H14N2O3/c1-2-12(6-7-13)10(15)9-8(14)4-3-5-11-9/h3-5,13-14H,2,6-7H2,1H3. The van der Waals surface area contributed by atoms with Gasteiger partial charge in [-0.3, -0.25) is 4.79 Å². The van der Waals surface area contributed by atoms with E-state index in [1.165, 1.54) is 17.2 Å². The average Bonchev–Trinajstić information content (AvgIpc) is 2.25. The van der Waals surface area contributed by atoms with E-state index in [0.717, 1.165) is 0 Å². The van der Waals surface area contributed by atoms with Crippen molar-refractivity contribution in [1.82, 2.24) is 9.88 Å². The molecule has 0 atom stereocenters. The Labute approximate surface area is 88.0 Å². The van der Waals surface area contributed by atoms with Crippen LogP contribution in [0.15, 0.2) is 18.3 Å². The highest BCUT2D eigenvalue weighted by Gasteiger charge is 2.17. The van der Waals surface area contributed by atoms with Crippen LogP contribution < -0.4 is 0 Å². The number of amides is 1. The van der Waals surface area contributed by atoms with E-state index in [4.69, 9.17) is 5.11 Å². The fraction of sp³-hybridized carbons (Fsp3) is 0.400. The van der Waals surface area contributed by atoms with Crippen molar-refractivity contribution in [3.05, 3.63) is 24.0 Å². The molecule has 0 aliphatic rings. The van der Waals surface area contributed by atoms with E-state index in [2.05, 4.69) is 4.98 Å². The van der Waals surface area contributed by atoms with Crippen molar-refractivity contribution in [2.24, 2.45) is 0 Å². The monoisotopic (exact) mass is 210 g/mol. The molecule has 1 heterocycles. The number of aliphatic hydroxyl groups excluding tert-OH is 1. The molecule has 0 spiro atoms. The number of likely N-dealkylation sites (N-methyl/N-ethyl adjacent to an activating group) is 1. The van der Waals surface area contributed by atoms with Gasteiger partial charge < -0.3 is 15.1 Å². The van der Waals surface area contributed by atoms with Gasteiger partial charge in [-0.1, -0.05) is 0 Å². The number of aromatic hydroxyl groups is 1. The number of nitrogens with zero attached hydrogens (tertiary/aromatic N) is 2. The zero-order valence-electron chi connectivity index (χ0n) is 8.55. The maximum atomic E-state index is 11.8. The third-order valence-electron chi connectivity index (χ3n) is 2.03. The number of hydrogen-bond acceptors (Lipinski definition) is 4. The molecule has 5 nitrogen and oxygen atoms in total. The van der Waals surface area contributed by atoms with Crippen LogP contribution in [0.3, 0.4) is 0 Å². The molecule has 1 aromatic heterocycles. The number of rotatable bonds is 4. The molecule has 5 heteroatoms. The average molecular weight is 210 g/mol. The number of aliphatic hydroxyl groups is 1. The van der Waals surface area contributed by atoms with Gasteiger partial charge in [0.05, 0.1) is 6.61 Å². The first kappa shape index (κ1) is 11.5. The predicted molar refractivity (Wildman–Crippen MR) is 54.6 cm³/mol. The van der Waals surface area contributed by atoms with Gasteiger partial charge in [-0.15, -0.1) is 0 Å². The molecule has 0 aliphatic heterocycles. The van der Waals surface area contributed by atoms with E-state index in [0.29, 0.717) is 6.54 Å². The summed E-state index contributed by atoms with van der Waals surface area (Å²) in [7, 11) is 0. The summed E-state index contributed by atoms with van der Waals surface area (Å²) in [5.41, 5.74) is 0.0211. The lowest BCUT2D eigenvalue weighted by atomic mass is 10.3. The molecule has 0 saturated heterocycles. The van der Waals surface area contributed by atoms with Gasteiger partial charge in [0.1, 0.15) is 5.75 Å². The summed E-state index contributed by atoms with van der Waals surface area (Å²) in [4.78, 5) is 17.0. The summed E-state index contributed by atoms with van der Waals surface area (Å²) in [5, 5.41) is 18.2. The first-order valence-corrected chi connectivity index (χ1v) is 4.74. The molecule has 0 saturated carbocycles. The van der Waals surface area contributed by atoms with Crippen LogP contribution in [0.4, 0.5) is 0 Å². The molecular formula is C10H14N2O3. The van der Waals surface area contributed by atoms with Crippen LogP contribution in [0.25, 0.3) is 0 Å². The quantitative estimate of drug-likeness (QED) is 0.746. The second-order valence-electron chi connectivity index (χ2n) is 2.98. The molecular weight excluding hydrogens is 196 g/mol. The molecule has 0 radical (unpaired) electrons. The lowest BCUT2D eigenvalue weighted by Gasteiger charge is -2.19. The van der Waals surface area contributed by atoms with Crippen LogP contribution in [0.1, 0.15) is 17.4 Å². The Kier molecular flexibility index (Phi) is 4.05. The molecule has 2 N–H and O–H groups in total. The Hall–Kier alpha value is -1.62. The normalized spacial score (nSPS) is 10.0. The third-order valence-corrected chi connectivity index (χ3v) is 2.03. The minimum atomic E-state index is -0.371. The summed E-state index contributed by atoms with van der Waals surface area (Å²) in [6, 6.07) is 2.96. The van der Waals surface area contributed by atoms with Crippen molar-refractivity contribution in [2.45, 2.75) is 6.92 Å². The molecule has 1 amide bonds. The first-order chi connectivity index (χ1) is 7.20. The fourth-order valence-electron chi connectivity index (χ4n) is 1.24. The molecule has 1 aromatic rings. The van der Waals surface area contributed by atoms with Crippen LogP contribution in [0, 0.1) is 0 Å². The highest BCUT2D eigenvalue weighted by molar-refractivity contribution is 5.94. The predicted octanol–water partition coefficient (Wildman–Crippen LogP) is 0.242.